The van der Waals surface area contributed by atoms with Crippen LogP contribution < -0.4 is 0 Å². The van der Waals surface area contributed by atoms with Gasteiger partial charge in [-0.2, -0.15) is 0 Å². The Morgan fingerprint density at radius 1 is 1.45 bits per heavy atom. The van der Waals surface area contributed by atoms with Crippen molar-refractivity contribution in [2.75, 3.05) is 0 Å². The Labute approximate surface area is 69.6 Å². The number of aliphatic hydroxyl groups excluding tert-OH is 1. The highest BCUT2D eigenvalue weighted by atomic mass is 28.3. The SMILES string of the molecule is CC[C@@H](O)[C@H]1O[C@@H]1[Si](C)(C)C. The summed E-state index contributed by atoms with van der Waals surface area (Å²) in [5, 5.41) is 9.43. The summed E-state index contributed by atoms with van der Waals surface area (Å²) in [6.07, 6.45) is 0.740. The minimum absolute atomic E-state index is 0.159. The topological polar surface area (TPSA) is 32.8 Å². The largest absolute Gasteiger partial charge is 0.390 e. The third-order valence-corrected chi connectivity index (χ3v) is 4.35. The van der Waals surface area contributed by atoms with Crippen LogP contribution in [0.15, 0.2) is 0 Å². The van der Waals surface area contributed by atoms with Crippen molar-refractivity contribution in [1.29, 1.82) is 0 Å². The van der Waals surface area contributed by atoms with Gasteiger partial charge >= 0.3 is 0 Å². The van der Waals surface area contributed by atoms with Crippen molar-refractivity contribution in [2.45, 2.75) is 50.9 Å². The molecule has 0 aromatic rings. The molecule has 3 heteroatoms. The molecule has 11 heavy (non-hydrogen) atoms. The Bertz CT molecular complexity index is 142. The highest BCUT2D eigenvalue weighted by molar-refractivity contribution is 6.78. The van der Waals surface area contributed by atoms with E-state index in [9.17, 15) is 5.11 Å². The van der Waals surface area contributed by atoms with Crippen LogP contribution in [0.1, 0.15) is 13.3 Å². The second kappa shape index (κ2) is 2.88. The van der Waals surface area contributed by atoms with Gasteiger partial charge in [0.15, 0.2) is 0 Å². The number of ether oxygens (including phenoxy) is 1. The van der Waals surface area contributed by atoms with Gasteiger partial charge in [0.2, 0.25) is 0 Å². The molecule has 0 spiro atoms. The van der Waals surface area contributed by atoms with Gasteiger partial charge in [-0.25, -0.2) is 0 Å². The molecule has 1 heterocycles. The minimum Gasteiger partial charge on any atom is -0.390 e. The van der Waals surface area contributed by atoms with Gasteiger partial charge < -0.3 is 9.84 Å². The van der Waals surface area contributed by atoms with Gasteiger partial charge in [0.1, 0.15) is 6.10 Å². The molecule has 1 aliphatic heterocycles. The number of epoxide rings is 1. The van der Waals surface area contributed by atoms with Crippen molar-refractivity contribution in [3.05, 3.63) is 0 Å². The van der Waals surface area contributed by atoms with E-state index in [1.165, 1.54) is 0 Å². The maximum atomic E-state index is 9.43. The molecule has 1 aliphatic rings. The summed E-state index contributed by atoms with van der Waals surface area (Å²) in [5.74, 6) is 0. The van der Waals surface area contributed by atoms with Crippen molar-refractivity contribution in [1.82, 2.24) is 0 Å². The van der Waals surface area contributed by atoms with E-state index in [-0.39, 0.29) is 12.2 Å². The predicted octanol–water partition coefficient (Wildman–Crippen LogP) is 1.40. The van der Waals surface area contributed by atoms with E-state index in [0.29, 0.717) is 5.73 Å². The molecule has 66 valence electrons. The summed E-state index contributed by atoms with van der Waals surface area (Å²) in [7, 11) is -1.15. The van der Waals surface area contributed by atoms with Gasteiger partial charge in [-0.05, 0) is 6.42 Å². The lowest BCUT2D eigenvalue weighted by Crippen LogP contribution is -2.33. The smallest absolute Gasteiger partial charge is 0.107 e. The first kappa shape index (κ1) is 9.23. The predicted molar refractivity (Wildman–Crippen MR) is 48.3 cm³/mol. The summed E-state index contributed by atoms with van der Waals surface area (Å²) in [5.41, 5.74) is 0.400. The quantitative estimate of drug-likeness (QED) is 0.518. The fourth-order valence-electron chi connectivity index (χ4n) is 1.35. The molecule has 0 saturated carbocycles. The zero-order valence-corrected chi connectivity index (χ0v) is 8.79. The summed E-state index contributed by atoms with van der Waals surface area (Å²) < 4.78 is 5.45. The molecule has 0 bridgehead atoms. The van der Waals surface area contributed by atoms with Gasteiger partial charge in [0.05, 0.1) is 19.9 Å². The summed E-state index contributed by atoms with van der Waals surface area (Å²) >= 11 is 0. The number of hydrogen-bond donors (Lipinski definition) is 1. The van der Waals surface area contributed by atoms with Gasteiger partial charge in [-0.1, -0.05) is 26.6 Å². The lowest BCUT2D eigenvalue weighted by Gasteiger charge is -2.12. The van der Waals surface area contributed by atoms with E-state index in [1.807, 2.05) is 6.92 Å². The van der Waals surface area contributed by atoms with Gasteiger partial charge in [-0.15, -0.1) is 0 Å². The summed E-state index contributed by atoms with van der Waals surface area (Å²) in [6.45, 7) is 8.83. The molecule has 1 saturated heterocycles. The van der Waals surface area contributed by atoms with Crippen molar-refractivity contribution < 1.29 is 9.84 Å². The van der Waals surface area contributed by atoms with Crippen molar-refractivity contribution in [3.8, 4) is 0 Å². The molecule has 0 amide bonds. The van der Waals surface area contributed by atoms with Gasteiger partial charge in [-0.3, -0.25) is 0 Å². The van der Waals surface area contributed by atoms with Crippen LogP contribution in [0.2, 0.25) is 19.6 Å². The van der Waals surface area contributed by atoms with E-state index in [0.717, 1.165) is 6.42 Å². The maximum absolute atomic E-state index is 9.43. The zero-order chi connectivity index (χ0) is 8.65. The average molecular weight is 174 g/mol. The standard InChI is InChI=1S/C8H18O2Si/c1-5-6(9)7-8(10-7)11(2,3)4/h6-9H,5H2,1-4H3/t6-,7-,8-/m1/s1. The lowest BCUT2D eigenvalue weighted by atomic mass is 10.2. The first-order chi connectivity index (χ1) is 4.96. The Hall–Kier alpha value is 0.137. The highest BCUT2D eigenvalue weighted by Gasteiger charge is 2.51. The zero-order valence-electron chi connectivity index (χ0n) is 7.79. The molecular formula is C8H18O2Si. The van der Waals surface area contributed by atoms with Crippen LogP contribution in [0.4, 0.5) is 0 Å². The molecule has 0 unspecified atom stereocenters. The van der Waals surface area contributed by atoms with Crippen molar-refractivity contribution >= 4 is 8.07 Å². The fourth-order valence-corrected chi connectivity index (χ4v) is 3.12. The monoisotopic (exact) mass is 174 g/mol. The average Bonchev–Trinajstić information content (AvgIpc) is 2.62. The third kappa shape index (κ3) is 2.04. The lowest BCUT2D eigenvalue weighted by molar-refractivity contribution is 0.131. The second-order valence-corrected chi connectivity index (χ2v) is 9.66. The Balaban J connectivity index is 2.37. The van der Waals surface area contributed by atoms with E-state index in [4.69, 9.17) is 4.74 Å². The van der Waals surface area contributed by atoms with E-state index in [2.05, 4.69) is 19.6 Å². The number of hydrogen-bond acceptors (Lipinski definition) is 2. The Kier molecular flexibility index (Phi) is 2.42. The second-order valence-electron chi connectivity index (χ2n) is 4.36. The maximum Gasteiger partial charge on any atom is 0.107 e. The van der Waals surface area contributed by atoms with Crippen LogP contribution in [-0.4, -0.2) is 31.1 Å². The van der Waals surface area contributed by atoms with Crippen LogP contribution >= 0.6 is 0 Å². The molecule has 1 fully saturated rings. The normalized spacial score (nSPS) is 33.5. The third-order valence-electron chi connectivity index (χ3n) is 2.18. The number of aliphatic hydroxyl groups is 1. The molecule has 0 aliphatic carbocycles. The summed E-state index contributed by atoms with van der Waals surface area (Å²) in [6, 6.07) is 0. The van der Waals surface area contributed by atoms with Gasteiger partial charge in [0.25, 0.3) is 0 Å². The van der Waals surface area contributed by atoms with E-state index >= 15 is 0 Å². The highest BCUT2D eigenvalue weighted by Crippen LogP contribution is 2.34. The molecule has 3 atom stereocenters. The first-order valence-electron chi connectivity index (χ1n) is 4.30. The fraction of sp³-hybridized carbons (Fsp3) is 1.00. The molecule has 1 rings (SSSR count). The molecule has 2 nitrogen and oxygen atoms in total. The van der Waals surface area contributed by atoms with Crippen LogP contribution in [0.5, 0.6) is 0 Å². The van der Waals surface area contributed by atoms with Crippen molar-refractivity contribution in [2.24, 2.45) is 0 Å². The van der Waals surface area contributed by atoms with Crippen molar-refractivity contribution in [3.63, 3.8) is 0 Å². The summed E-state index contributed by atoms with van der Waals surface area (Å²) in [4.78, 5) is 0. The molecule has 1 N–H and O–H groups in total. The Morgan fingerprint density at radius 2 is 2.00 bits per heavy atom. The molecule has 0 aromatic heterocycles. The van der Waals surface area contributed by atoms with E-state index < -0.39 is 8.07 Å². The Morgan fingerprint density at radius 3 is 2.27 bits per heavy atom. The molecular weight excluding hydrogens is 156 g/mol. The first-order valence-corrected chi connectivity index (χ1v) is 7.88. The molecule has 0 radical (unpaired) electrons. The van der Waals surface area contributed by atoms with E-state index in [1.54, 1.807) is 0 Å². The van der Waals surface area contributed by atoms with Gasteiger partial charge in [0, 0.05) is 0 Å². The van der Waals surface area contributed by atoms with Crippen LogP contribution in [0, 0.1) is 0 Å². The minimum atomic E-state index is -1.15. The van der Waals surface area contributed by atoms with Crippen LogP contribution in [0.25, 0.3) is 0 Å². The van der Waals surface area contributed by atoms with Crippen LogP contribution in [0.3, 0.4) is 0 Å². The molecule has 0 aromatic carbocycles. The van der Waals surface area contributed by atoms with Crippen LogP contribution in [-0.2, 0) is 4.74 Å². The number of rotatable bonds is 3.